The number of hydrogen-bond acceptors (Lipinski definition) is 3. The van der Waals surface area contributed by atoms with Gasteiger partial charge in [0.1, 0.15) is 0 Å². The van der Waals surface area contributed by atoms with E-state index >= 15 is 0 Å². The quantitative estimate of drug-likeness (QED) is 0.730. The molecule has 1 aliphatic heterocycles. The zero-order valence-corrected chi connectivity index (χ0v) is 10.4. The Kier molecular flexibility index (Phi) is 3.24. The minimum absolute atomic E-state index is 0.237. The summed E-state index contributed by atoms with van der Waals surface area (Å²) in [6.45, 7) is 7.67. The third-order valence-electron chi connectivity index (χ3n) is 2.95. The molecule has 4 heteroatoms. The number of nitrogens with zero attached hydrogens (tertiary/aromatic N) is 1. The molecule has 1 rings (SSSR count). The fourth-order valence-electron chi connectivity index (χ4n) is 2.28. The molecule has 0 saturated carbocycles. The Morgan fingerprint density at radius 3 is 1.94 bits per heavy atom. The highest BCUT2D eigenvalue weighted by atomic mass is 16.2. The first-order valence-electron chi connectivity index (χ1n) is 5.55. The number of carbonyl (C=O) groups excluding carboxylic acids is 2. The Morgan fingerprint density at radius 2 is 1.62 bits per heavy atom. The molecule has 2 amide bonds. The van der Waals surface area contributed by atoms with Crippen molar-refractivity contribution in [3.05, 3.63) is 12.2 Å². The first-order valence-corrected chi connectivity index (χ1v) is 5.55. The van der Waals surface area contributed by atoms with E-state index in [0.717, 1.165) is 0 Å². The number of imide groups is 1. The number of hydrogen-bond donors (Lipinski definition) is 1. The first-order chi connectivity index (χ1) is 7.19. The predicted octanol–water partition coefficient (Wildman–Crippen LogP) is 1.21. The Morgan fingerprint density at radius 1 is 1.19 bits per heavy atom. The van der Waals surface area contributed by atoms with Crippen molar-refractivity contribution in [2.45, 2.75) is 51.6 Å². The van der Waals surface area contributed by atoms with Crippen molar-refractivity contribution in [1.29, 1.82) is 0 Å². The van der Waals surface area contributed by atoms with Crippen molar-refractivity contribution >= 4 is 11.8 Å². The van der Waals surface area contributed by atoms with Gasteiger partial charge in [-0.25, -0.2) is 0 Å². The molecule has 0 bridgehead atoms. The number of rotatable bonds is 4. The van der Waals surface area contributed by atoms with Gasteiger partial charge in [-0.3, -0.25) is 14.5 Å². The van der Waals surface area contributed by atoms with Crippen molar-refractivity contribution in [2.24, 2.45) is 5.73 Å². The lowest BCUT2D eigenvalue weighted by Gasteiger charge is -2.40. The van der Waals surface area contributed by atoms with Crippen LogP contribution >= 0.6 is 0 Å². The fraction of sp³-hybridized carbons (Fsp3) is 0.667. The van der Waals surface area contributed by atoms with Crippen LogP contribution in [-0.4, -0.2) is 27.8 Å². The van der Waals surface area contributed by atoms with Gasteiger partial charge in [-0.1, -0.05) is 6.92 Å². The average molecular weight is 224 g/mol. The lowest BCUT2D eigenvalue weighted by molar-refractivity contribution is -0.144. The molecule has 0 aromatic carbocycles. The summed E-state index contributed by atoms with van der Waals surface area (Å²) in [5, 5.41) is 0. The van der Waals surface area contributed by atoms with Crippen molar-refractivity contribution in [2.75, 3.05) is 0 Å². The van der Waals surface area contributed by atoms with E-state index in [4.69, 9.17) is 5.73 Å². The Balaban J connectivity index is 2.97. The molecule has 0 spiro atoms. The van der Waals surface area contributed by atoms with E-state index in [-0.39, 0.29) is 11.8 Å². The molecule has 16 heavy (non-hydrogen) atoms. The van der Waals surface area contributed by atoms with E-state index in [9.17, 15) is 9.59 Å². The zero-order valence-electron chi connectivity index (χ0n) is 10.4. The summed E-state index contributed by atoms with van der Waals surface area (Å²) in [6.07, 6.45) is 3.93. The minimum atomic E-state index is -0.504. The van der Waals surface area contributed by atoms with Gasteiger partial charge in [-0.15, -0.1) is 0 Å². The van der Waals surface area contributed by atoms with Crippen LogP contribution < -0.4 is 5.73 Å². The molecule has 4 nitrogen and oxygen atoms in total. The summed E-state index contributed by atoms with van der Waals surface area (Å²) < 4.78 is 0. The van der Waals surface area contributed by atoms with E-state index in [1.165, 1.54) is 17.1 Å². The lowest BCUT2D eigenvalue weighted by Crippen LogP contribution is -2.54. The molecule has 0 radical (unpaired) electrons. The number of amides is 2. The van der Waals surface area contributed by atoms with Crippen LogP contribution in [0.25, 0.3) is 0 Å². The molecule has 1 unspecified atom stereocenters. The molecule has 0 aromatic rings. The van der Waals surface area contributed by atoms with Crippen LogP contribution in [0.15, 0.2) is 12.2 Å². The van der Waals surface area contributed by atoms with E-state index in [0.29, 0.717) is 12.8 Å². The average Bonchev–Trinajstić information content (AvgIpc) is 2.43. The standard InChI is InChI=1S/C12H20N2O2/c1-5-12(4,8-11(2,3)13)14-9(15)6-7-10(14)16/h6-7H,5,8,13H2,1-4H3. The second-order valence-electron chi connectivity index (χ2n) is 5.36. The SMILES string of the molecule is CCC(C)(CC(C)(C)N)N1C(=O)C=CC1=O. The van der Waals surface area contributed by atoms with Gasteiger partial charge >= 0.3 is 0 Å². The Hall–Kier alpha value is -1.16. The van der Waals surface area contributed by atoms with Crippen LogP contribution in [0.2, 0.25) is 0 Å². The molecule has 90 valence electrons. The van der Waals surface area contributed by atoms with Gasteiger partial charge in [0.15, 0.2) is 0 Å². The molecule has 0 fully saturated rings. The largest absolute Gasteiger partial charge is 0.325 e. The molecule has 0 saturated heterocycles. The van der Waals surface area contributed by atoms with Crippen molar-refractivity contribution in [3.63, 3.8) is 0 Å². The summed E-state index contributed by atoms with van der Waals surface area (Å²) >= 11 is 0. The second-order valence-corrected chi connectivity index (χ2v) is 5.36. The van der Waals surface area contributed by atoms with Crippen LogP contribution in [0.4, 0.5) is 0 Å². The van der Waals surface area contributed by atoms with Gasteiger partial charge in [0.25, 0.3) is 11.8 Å². The summed E-state index contributed by atoms with van der Waals surface area (Å²) in [5.74, 6) is -0.475. The fourth-order valence-corrected chi connectivity index (χ4v) is 2.28. The van der Waals surface area contributed by atoms with E-state index in [2.05, 4.69) is 0 Å². The predicted molar refractivity (Wildman–Crippen MR) is 62.6 cm³/mol. The van der Waals surface area contributed by atoms with Gasteiger partial charge < -0.3 is 5.73 Å². The van der Waals surface area contributed by atoms with Gasteiger partial charge in [0, 0.05) is 23.2 Å². The summed E-state index contributed by atoms with van der Waals surface area (Å²) in [5.41, 5.74) is 5.07. The monoisotopic (exact) mass is 224 g/mol. The topological polar surface area (TPSA) is 63.4 Å². The maximum Gasteiger partial charge on any atom is 0.254 e. The highest BCUT2D eigenvalue weighted by molar-refractivity contribution is 6.13. The molecule has 1 atom stereocenters. The Labute approximate surface area is 96.5 Å². The van der Waals surface area contributed by atoms with E-state index in [1.54, 1.807) is 0 Å². The first kappa shape index (κ1) is 12.9. The van der Waals surface area contributed by atoms with E-state index < -0.39 is 11.1 Å². The van der Waals surface area contributed by atoms with Crippen LogP contribution in [0, 0.1) is 0 Å². The van der Waals surface area contributed by atoms with Crippen molar-refractivity contribution < 1.29 is 9.59 Å². The molecule has 1 heterocycles. The zero-order chi connectivity index (χ0) is 12.6. The molecule has 0 aliphatic carbocycles. The smallest absolute Gasteiger partial charge is 0.254 e. The van der Waals surface area contributed by atoms with Gasteiger partial charge in [0.2, 0.25) is 0 Å². The van der Waals surface area contributed by atoms with Crippen LogP contribution in [-0.2, 0) is 9.59 Å². The van der Waals surface area contributed by atoms with Crippen LogP contribution in [0.5, 0.6) is 0 Å². The van der Waals surface area contributed by atoms with Crippen molar-refractivity contribution in [1.82, 2.24) is 4.90 Å². The lowest BCUT2D eigenvalue weighted by atomic mass is 9.83. The Bertz CT molecular complexity index is 323. The van der Waals surface area contributed by atoms with Crippen molar-refractivity contribution in [3.8, 4) is 0 Å². The number of nitrogens with two attached hydrogens (primary N) is 1. The van der Waals surface area contributed by atoms with E-state index in [1.807, 2.05) is 27.7 Å². The second kappa shape index (κ2) is 4.01. The minimum Gasteiger partial charge on any atom is -0.325 e. The molecule has 0 aromatic heterocycles. The van der Waals surface area contributed by atoms with Crippen LogP contribution in [0.3, 0.4) is 0 Å². The summed E-state index contributed by atoms with van der Waals surface area (Å²) in [7, 11) is 0. The van der Waals surface area contributed by atoms with Gasteiger partial charge in [0.05, 0.1) is 0 Å². The van der Waals surface area contributed by atoms with Crippen LogP contribution in [0.1, 0.15) is 40.5 Å². The molecular weight excluding hydrogens is 204 g/mol. The third kappa shape index (κ3) is 2.50. The van der Waals surface area contributed by atoms with Gasteiger partial charge in [-0.2, -0.15) is 0 Å². The molecule has 2 N–H and O–H groups in total. The molecular formula is C12H20N2O2. The maximum atomic E-state index is 11.7. The number of carbonyl (C=O) groups is 2. The highest BCUT2D eigenvalue weighted by Gasteiger charge is 2.41. The third-order valence-corrected chi connectivity index (χ3v) is 2.95. The summed E-state index contributed by atoms with van der Waals surface area (Å²) in [6, 6.07) is 0. The maximum absolute atomic E-state index is 11.7. The summed E-state index contributed by atoms with van der Waals surface area (Å²) in [4.78, 5) is 24.6. The van der Waals surface area contributed by atoms with Gasteiger partial charge in [-0.05, 0) is 33.6 Å². The molecule has 1 aliphatic rings. The highest BCUT2D eigenvalue weighted by Crippen LogP contribution is 2.30. The normalized spacial score (nSPS) is 20.4.